The number of hydrogen-bond acceptors (Lipinski definition) is 2. The van der Waals surface area contributed by atoms with Crippen LogP contribution in [0.2, 0.25) is 0 Å². The van der Waals surface area contributed by atoms with Crippen LogP contribution in [0.1, 0.15) is 45.9 Å². The Labute approximate surface area is 111 Å². The average Bonchev–Trinajstić information content (AvgIpc) is 3.11. The van der Waals surface area contributed by atoms with Crippen molar-refractivity contribution in [1.29, 1.82) is 0 Å². The van der Waals surface area contributed by atoms with E-state index < -0.39 is 5.97 Å². The van der Waals surface area contributed by atoms with Crippen LogP contribution >= 0.6 is 0 Å². The van der Waals surface area contributed by atoms with E-state index in [1.54, 1.807) is 0 Å². The highest BCUT2D eigenvalue weighted by Gasteiger charge is 2.32. The molecule has 1 aromatic heterocycles. The van der Waals surface area contributed by atoms with Crippen molar-refractivity contribution in [1.82, 2.24) is 9.78 Å². The highest BCUT2D eigenvalue weighted by atomic mass is 16.4. The first-order valence-electron chi connectivity index (χ1n) is 6.49. The zero-order valence-electron chi connectivity index (χ0n) is 10.8. The molecule has 0 atom stereocenters. The van der Waals surface area contributed by atoms with Crippen molar-refractivity contribution in [3.05, 3.63) is 52.8 Å². The van der Waals surface area contributed by atoms with Crippen molar-refractivity contribution in [2.75, 3.05) is 0 Å². The first kappa shape index (κ1) is 12.0. The number of aryl methyl sites for hydroxylation is 1. The largest absolute Gasteiger partial charge is 0.478 e. The second kappa shape index (κ2) is 4.53. The molecule has 19 heavy (non-hydrogen) atoms. The fourth-order valence-electron chi connectivity index (χ4n) is 2.46. The van der Waals surface area contributed by atoms with Crippen LogP contribution in [-0.4, -0.2) is 20.9 Å². The van der Waals surface area contributed by atoms with Crippen molar-refractivity contribution in [2.24, 2.45) is 0 Å². The molecule has 0 amide bonds. The zero-order valence-corrected chi connectivity index (χ0v) is 10.8. The average molecular weight is 256 g/mol. The quantitative estimate of drug-likeness (QED) is 0.915. The third kappa shape index (κ3) is 2.38. The maximum absolute atomic E-state index is 11.2. The maximum Gasteiger partial charge on any atom is 0.339 e. The molecular weight excluding hydrogens is 240 g/mol. The van der Waals surface area contributed by atoms with E-state index in [1.165, 1.54) is 11.8 Å². The Morgan fingerprint density at radius 3 is 2.89 bits per heavy atom. The van der Waals surface area contributed by atoms with Gasteiger partial charge in [-0.05, 0) is 25.3 Å². The predicted octanol–water partition coefficient (Wildman–Crippen LogP) is 2.82. The Morgan fingerprint density at radius 1 is 1.47 bits per heavy atom. The fraction of sp³-hybridized carbons (Fsp3) is 0.333. The Balaban J connectivity index is 1.94. The first-order chi connectivity index (χ1) is 9.15. The predicted molar refractivity (Wildman–Crippen MR) is 71.4 cm³/mol. The van der Waals surface area contributed by atoms with Gasteiger partial charge in [0, 0.05) is 5.92 Å². The van der Waals surface area contributed by atoms with Gasteiger partial charge in [-0.15, -0.1) is 0 Å². The number of carboxylic acids is 1. The Morgan fingerprint density at radius 2 is 2.26 bits per heavy atom. The van der Waals surface area contributed by atoms with Gasteiger partial charge in [-0.25, -0.2) is 4.79 Å². The van der Waals surface area contributed by atoms with Crippen molar-refractivity contribution < 1.29 is 9.90 Å². The van der Waals surface area contributed by atoms with E-state index in [9.17, 15) is 9.90 Å². The maximum atomic E-state index is 11.2. The second-order valence-corrected chi connectivity index (χ2v) is 5.17. The molecule has 0 unspecified atom stereocenters. The van der Waals surface area contributed by atoms with Gasteiger partial charge in [-0.2, -0.15) is 5.10 Å². The number of nitrogens with zero attached hydrogens (tertiary/aromatic N) is 2. The summed E-state index contributed by atoms with van der Waals surface area (Å²) in [5.41, 5.74) is 3.60. The molecule has 2 aromatic rings. The number of aromatic nitrogens is 2. The van der Waals surface area contributed by atoms with Gasteiger partial charge in [0.1, 0.15) is 5.56 Å². The Kier molecular flexibility index (Phi) is 2.85. The van der Waals surface area contributed by atoms with Crippen LogP contribution in [0.15, 0.2) is 30.5 Å². The van der Waals surface area contributed by atoms with Crippen LogP contribution in [0, 0.1) is 6.92 Å². The van der Waals surface area contributed by atoms with Gasteiger partial charge in [-0.3, -0.25) is 4.68 Å². The van der Waals surface area contributed by atoms with E-state index in [0.29, 0.717) is 18.0 Å². The summed E-state index contributed by atoms with van der Waals surface area (Å²) in [5, 5.41) is 13.5. The lowest BCUT2D eigenvalue weighted by Crippen LogP contribution is -2.08. The molecule has 0 spiro atoms. The number of aromatic carboxylic acids is 1. The van der Waals surface area contributed by atoms with Gasteiger partial charge < -0.3 is 5.11 Å². The smallest absolute Gasteiger partial charge is 0.339 e. The summed E-state index contributed by atoms with van der Waals surface area (Å²) in [6, 6.07) is 8.23. The van der Waals surface area contributed by atoms with Crippen molar-refractivity contribution >= 4 is 5.97 Å². The summed E-state index contributed by atoms with van der Waals surface area (Å²) in [5.74, 6) is -0.504. The molecule has 0 bridgehead atoms. The molecule has 3 rings (SSSR count). The minimum atomic E-state index is -0.877. The molecule has 4 nitrogen and oxygen atoms in total. The van der Waals surface area contributed by atoms with Crippen LogP contribution in [0.25, 0.3) is 0 Å². The molecular formula is C15H16N2O2. The number of carbonyl (C=O) groups is 1. The third-order valence-corrected chi connectivity index (χ3v) is 3.49. The molecule has 98 valence electrons. The topological polar surface area (TPSA) is 55.1 Å². The lowest BCUT2D eigenvalue weighted by atomic mass is 10.1. The zero-order chi connectivity index (χ0) is 13.4. The monoisotopic (exact) mass is 256 g/mol. The number of carboxylic acid groups (broad SMARTS) is 1. The van der Waals surface area contributed by atoms with E-state index in [1.807, 2.05) is 16.8 Å². The molecule has 1 aliphatic rings. The minimum absolute atomic E-state index is 0.357. The SMILES string of the molecule is Cc1cccc(Cn2ncc(C(=O)O)c2C2CC2)c1. The molecule has 0 radical (unpaired) electrons. The molecule has 1 heterocycles. The van der Waals surface area contributed by atoms with Crippen LogP contribution in [0.5, 0.6) is 0 Å². The third-order valence-electron chi connectivity index (χ3n) is 3.49. The van der Waals surface area contributed by atoms with E-state index >= 15 is 0 Å². The van der Waals surface area contributed by atoms with Gasteiger partial charge >= 0.3 is 5.97 Å². The van der Waals surface area contributed by atoms with Crippen LogP contribution in [0.4, 0.5) is 0 Å². The van der Waals surface area contributed by atoms with Gasteiger partial charge in [0.15, 0.2) is 0 Å². The van der Waals surface area contributed by atoms with Crippen molar-refractivity contribution in [3.63, 3.8) is 0 Å². The Hall–Kier alpha value is -2.10. The van der Waals surface area contributed by atoms with Crippen LogP contribution in [0.3, 0.4) is 0 Å². The summed E-state index contributed by atoms with van der Waals surface area (Å²) in [7, 11) is 0. The summed E-state index contributed by atoms with van der Waals surface area (Å²) < 4.78 is 1.84. The summed E-state index contributed by atoms with van der Waals surface area (Å²) in [6.45, 7) is 2.69. The molecule has 0 aliphatic heterocycles. The number of benzene rings is 1. The molecule has 1 saturated carbocycles. The summed E-state index contributed by atoms with van der Waals surface area (Å²) in [6.07, 6.45) is 3.62. The van der Waals surface area contributed by atoms with Crippen molar-refractivity contribution in [3.8, 4) is 0 Å². The standard InChI is InChI=1S/C15H16N2O2/c1-10-3-2-4-11(7-10)9-17-14(12-5-6-12)13(8-16-17)15(18)19/h2-4,7-8,12H,5-6,9H2,1H3,(H,18,19). The van der Waals surface area contributed by atoms with E-state index in [-0.39, 0.29) is 0 Å². The second-order valence-electron chi connectivity index (χ2n) is 5.17. The highest BCUT2D eigenvalue weighted by Crippen LogP contribution is 2.41. The first-order valence-corrected chi connectivity index (χ1v) is 6.49. The fourth-order valence-corrected chi connectivity index (χ4v) is 2.46. The normalized spacial score (nSPS) is 14.6. The van der Waals surface area contributed by atoms with Gasteiger partial charge in [0.2, 0.25) is 0 Å². The molecule has 1 aliphatic carbocycles. The summed E-state index contributed by atoms with van der Waals surface area (Å²) >= 11 is 0. The highest BCUT2D eigenvalue weighted by molar-refractivity contribution is 5.89. The van der Waals surface area contributed by atoms with E-state index in [2.05, 4.69) is 24.2 Å². The van der Waals surface area contributed by atoms with Crippen LogP contribution < -0.4 is 0 Å². The van der Waals surface area contributed by atoms with E-state index in [4.69, 9.17) is 0 Å². The molecule has 1 N–H and O–H groups in total. The van der Waals surface area contributed by atoms with E-state index in [0.717, 1.165) is 24.1 Å². The van der Waals surface area contributed by atoms with Gasteiger partial charge in [0.05, 0.1) is 18.4 Å². The number of rotatable bonds is 4. The number of hydrogen-bond donors (Lipinski definition) is 1. The van der Waals surface area contributed by atoms with Crippen molar-refractivity contribution in [2.45, 2.75) is 32.2 Å². The summed E-state index contributed by atoms with van der Waals surface area (Å²) in [4.78, 5) is 11.2. The molecule has 1 fully saturated rings. The lowest BCUT2D eigenvalue weighted by Gasteiger charge is -2.08. The van der Waals surface area contributed by atoms with Gasteiger partial charge in [0.25, 0.3) is 0 Å². The molecule has 1 aromatic carbocycles. The lowest BCUT2D eigenvalue weighted by molar-refractivity contribution is 0.0695. The Bertz CT molecular complexity index is 627. The minimum Gasteiger partial charge on any atom is -0.478 e. The molecule has 4 heteroatoms. The molecule has 0 saturated heterocycles. The van der Waals surface area contributed by atoms with Crippen LogP contribution in [-0.2, 0) is 6.54 Å². The van der Waals surface area contributed by atoms with Gasteiger partial charge in [-0.1, -0.05) is 29.8 Å².